The van der Waals surface area contributed by atoms with Crippen LogP contribution in [-0.2, 0) is 6.42 Å². The third kappa shape index (κ3) is 2.90. The van der Waals surface area contributed by atoms with Gasteiger partial charge in [-0.15, -0.1) is 11.3 Å². The Balaban J connectivity index is 2.08. The molecule has 2 heterocycles. The smallest absolute Gasteiger partial charge is 0.179 e. The second-order valence-electron chi connectivity index (χ2n) is 4.24. The van der Waals surface area contributed by atoms with Crippen molar-refractivity contribution >= 4 is 33.0 Å². The van der Waals surface area contributed by atoms with Crippen LogP contribution in [0.1, 0.15) is 41.7 Å². The van der Waals surface area contributed by atoms with Crippen LogP contribution in [0.3, 0.4) is 0 Å². The highest BCUT2D eigenvalue weighted by Gasteiger charge is 2.14. The number of thiophene rings is 1. The van der Waals surface area contributed by atoms with Gasteiger partial charge in [-0.05, 0) is 46.8 Å². The monoisotopic (exact) mass is 326 g/mol. The summed E-state index contributed by atoms with van der Waals surface area (Å²) in [5, 5.41) is 6.36. The maximum atomic E-state index is 12.1. The van der Waals surface area contributed by atoms with Crippen LogP contribution in [-0.4, -0.2) is 15.6 Å². The third-order valence-corrected chi connectivity index (χ3v) is 4.80. The van der Waals surface area contributed by atoms with E-state index < -0.39 is 0 Å². The van der Waals surface area contributed by atoms with Crippen LogP contribution in [0.15, 0.2) is 28.2 Å². The molecule has 1 unspecified atom stereocenters. The lowest BCUT2D eigenvalue weighted by molar-refractivity contribution is 0.0995. The Morgan fingerprint density at radius 2 is 2.33 bits per heavy atom. The molecule has 0 bridgehead atoms. The molecular weight excluding hydrogens is 312 g/mol. The van der Waals surface area contributed by atoms with E-state index in [0.717, 1.165) is 21.5 Å². The Bertz CT molecular complexity index is 547. The van der Waals surface area contributed by atoms with Crippen LogP contribution < -0.4 is 0 Å². The van der Waals surface area contributed by atoms with E-state index in [-0.39, 0.29) is 5.78 Å². The van der Waals surface area contributed by atoms with Crippen molar-refractivity contribution in [1.29, 1.82) is 0 Å². The summed E-state index contributed by atoms with van der Waals surface area (Å²) in [5.74, 6) is 0.117. The van der Waals surface area contributed by atoms with Gasteiger partial charge in [-0.2, -0.15) is 5.10 Å². The predicted octanol–water partition coefficient (Wildman–Crippen LogP) is 4.10. The van der Waals surface area contributed by atoms with Crippen molar-refractivity contribution in [2.75, 3.05) is 0 Å². The molecule has 0 aliphatic carbocycles. The predicted molar refractivity (Wildman–Crippen MR) is 77.3 cm³/mol. The number of aromatic nitrogens is 2. The number of Topliss-reactive ketones (excluding diaryl/α,β-unsaturated/α-hetero) is 1. The Labute approximate surface area is 119 Å². The van der Waals surface area contributed by atoms with E-state index in [1.54, 1.807) is 0 Å². The van der Waals surface area contributed by atoms with Gasteiger partial charge in [-0.25, -0.2) is 0 Å². The lowest BCUT2D eigenvalue weighted by Crippen LogP contribution is -2.07. The second kappa shape index (κ2) is 5.80. The fourth-order valence-corrected chi connectivity index (χ4v) is 3.17. The quantitative estimate of drug-likeness (QED) is 0.775. The van der Waals surface area contributed by atoms with E-state index in [9.17, 15) is 4.79 Å². The van der Waals surface area contributed by atoms with Crippen molar-refractivity contribution in [3.63, 3.8) is 0 Å². The van der Waals surface area contributed by atoms with Gasteiger partial charge in [0.05, 0.1) is 17.0 Å². The van der Waals surface area contributed by atoms with Gasteiger partial charge in [0.2, 0.25) is 0 Å². The Morgan fingerprint density at radius 1 is 1.56 bits per heavy atom. The maximum Gasteiger partial charge on any atom is 0.179 e. The summed E-state index contributed by atoms with van der Waals surface area (Å²) in [5.41, 5.74) is 0.834. The fourth-order valence-electron chi connectivity index (χ4n) is 1.64. The highest BCUT2D eigenvalue weighted by atomic mass is 79.9. The van der Waals surface area contributed by atoms with Gasteiger partial charge in [0, 0.05) is 16.7 Å². The SMILES string of the molecule is CCC(C)n1ccc(CC(=O)c2sccc2Br)n1. The summed E-state index contributed by atoms with van der Waals surface area (Å²) in [6.07, 6.45) is 3.34. The summed E-state index contributed by atoms with van der Waals surface area (Å²) in [6, 6.07) is 4.20. The van der Waals surface area contributed by atoms with E-state index in [1.165, 1.54) is 11.3 Å². The van der Waals surface area contributed by atoms with Gasteiger partial charge >= 0.3 is 0 Å². The van der Waals surface area contributed by atoms with Crippen molar-refractivity contribution in [3.05, 3.63) is 38.8 Å². The van der Waals surface area contributed by atoms with Crippen LogP contribution in [0.2, 0.25) is 0 Å². The van der Waals surface area contributed by atoms with E-state index in [1.807, 2.05) is 28.4 Å². The van der Waals surface area contributed by atoms with E-state index in [2.05, 4.69) is 34.9 Å². The number of nitrogens with zero attached hydrogens (tertiary/aromatic N) is 2. The molecule has 5 heteroatoms. The highest BCUT2D eigenvalue weighted by Crippen LogP contribution is 2.24. The standard InChI is InChI=1S/C13H15BrN2OS/c1-3-9(2)16-6-4-10(15-16)8-12(17)13-11(14)5-7-18-13/h4-7,9H,3,8H2,1-2H3. The first-order valence-electron chi connectivity index (χ1n) is 5.92. The number of rotatable bonds is 5. The lowest BCUT2D eigenvalue weighted by Gasteiger charge is -2.07. The van der Waals surface area contributed by atoms with Gasteiger partial charge in [0.15, 0.2) is 5.78 Å². The minimum Gasteiger partial charge on any atom is -0.293 e. The van der Waals surface area contributed by atoms with Gasteiger partial charge < -0.3 is 0 Å². The molecule has 18 heavy (non-hydrogen) atoms. The molecule has 0 saturated carbocycles. The summed E-state index contributed by atoms with van der Waals surface area (Å²) in [4.78, 5) is 12.8. The molecule has 0 aliphatic rings. The van der Waals surface area contributed by atoms with Crippen LogP contribution in [0.4, 0.5) is 0 Å². The number of hydrogen-bond acceptors (Lipinski definition) is 3. The summed E-state index contributed by atoms with van der Waals surface area (Å²) in [7, 11) is 0. The molecule has 0 N–H and O–H groups in total. The normalized spacial score (nSPS) is 12.6. The zero-order valence-corrected chi connectivity index (χ0v) is 12.8. The molecule has 96 valence electrons. The Hall–Kier alpha value is -0.940. The zero-order valence-electron chi connectivity index (χ0n) is 10.4. The molecule has 0 radical (unpaired) electrons. The average molecular weight is 327 g/mol. The second-order valence-corrected chi connectivity index (χ2v) is 6.01. The molecule has 2 aromatic heterocycles. The minimum atomic E-state index is 0.117. The molecule has 3 nitrogen and oxygen atoms in total. The highest BCUT2D eigenvalue weighted by molar-refractivity contribution is 9.10. The maximum absolute atomic E-state index is 12.1. The number of carbonyl (C=O) groups is 1. The average Bonchev–Trinajstić information content (AvgIpc) is 2.97. The van der Waals surface area contributed by atoms with Gasteiger partial charge in [-0.1, -0.05) is 6.92 Å². The van der Waals surface area contributed by atoms with Crippen molar-refractivity contribution in [2.45, 2.75) is 32.7 Å². The number of carbonyl (C=O) groups excluding carboxylic acids is 1. The molecule has 0 aromatic carbocycles. The van der Waals surface area contributed by atoms with Gasteiger partial charge in [0.25, 0.3) is 0 Å². The number of ketones is 1. The van der Waals surface area contributed by atoms with Crippen LogP contribution >= 0.6 is 27.3 Å². The number of halogens is 1. The summed E-state index contributed by atoms with van der Waals surface area (Å²) < 4.78 is 2.80. The molecule has 2 rings (SSSR count). The van der Waals surface area contributed by atoms with Crippen LogP contribution in [0.5, 0.6) is 0 Å². The molecule has 0 fully saturated rings. The zero-order chi connectivity index (χ0) is 13.1. The molecule has 1 atom stereocenters. The van der Waals surface area contributed by atoms with E-state index in [4.69, 9.17) is 0 Å². The molecule has 0 amide bonds. The molecular formula is C13H15BrN2OS. The molecule has 0 aliphatic heterocycles. The summed E-state index contributed by atoms with van der Waals surface area (Å²) in [6.45, 7) is 4.24. The van der Waals surface area contributed by atoms with E-state index >= 15 is 0 Å². The topological polar surface area (TPSA) is 34.9 Å². The molecule has 0 saturated heterocycles. The first-order valence-corrected chi connectivity index (χ1v) is 7.59. The van der Waals surface area contributed by atoms with E-state index in [0.29, 0.717) is 12.5 Å². The first-order chi connectivity index (χ1) is 8.61. The number of hydrogen-bond donors (Lipinski definition) is 0. The Morgan fingerprint density at radius 3 is 2.94 bits per heavy atom. The van der Waals surface area contributed by atoms with Gasteiger partial charge in [0.1, 0.15) is 0 Å². The van der Waals surface area contributed by atoms with Crippen molar-refractivity contribution in [3.8, 4) is 0 Å². The van der Waals surface area contributed by atoms with Crippen LogP contribution in [0.25, 0.3) is 0 Å². The van der Waals surface area contributed by atoms with Crippen molar-refractivity contribution < 1.29 is 4.79 Å². The van der Waals surface area contributed by atoms with Gasteiger partial charge in [-0.3, -0.25) is 9.48 Å². The van der Waals surface area contributed by atoms with Crippen LogP contribution in [0, 0.1) is 0 Å². The third-order valence-electron chi connectivity index (χ3n) is 2.92. The first kappa shape index (κ1) is 13.5. The minimum absolute atomic E-state index is 0.117. The largest absolute Gasteiger partial charge is 0.293 e. The molecule has 0 spiro atoms. The van der Waals surface area contributed by atoms with Crippen molar-refractivity contribution in [1.82, 2.24) is 9.78 Å². The summed E-state index contributed by atoms with van der Waals surface area (Å²) >= 11 is 4.85. The fraction of sp³-hybridized carbons (Fsp3) is 0.385. The molecule has 2 aromatic rings. The van der Waals surface area contributed by atoms with Crippen molar-refractivity contribution in [2.24, 2.45) is 0 Å². The lowest BCUT2D eigenvalue weighted by atomic mass is 10.2. The Kier molecular flexibility index (Phi) is 4.35.